The molecule has 2 aromatic rings. The zero-order chi connectivity index (χ0) is 8.72. The van der Waals surface area contributed by atoms with E-state index in [2.05, 4.69) is 4.52 Å². The lowest BCUT2D eigenvalue weighted by molar-refractivity contribution is -1.24. The predicted octanol–water partition coefficient (Wildman–Crippen LogP) is -0.718. The lowest BCUT2D eigenvalue weighted by Crippen LogP contribution is -2.57. The fraction of sp³-hybridized carbons (Fsp3) is 0. The van der Waals surface area contributed by atoms with E-state index in [1.165, 1.54) is 12.1 Å². The quantitative estimate of drug-likeness (QED) is 0.318. The molecule has 0 aliphatic heterocycles. The third kappa shape index (κ3) is 0.746. The maximum Gasteiger partial charge on any atom is 0.324 e. The number of benzene rings is 1. The zero-order valence-electron chi connectivity index (χ0n) is 5.93. The summed E-state index contributed by atoms with van der Waals surface area (Å²) in [6, 6.07) is 4.39. The standard InChI is InChI=1S/C6H5N3O3/c7-4-1-2-6-5(3-4)8(10)9(11)12-6/h1-3H,7H2. The van der Waals surface area contributed by atoms with Crippen LogP contribution in [0, 0.1) is 10.4 Å². The molecule has 0 aliphatic carbocycles. The van der Waals surface area contributed by atoms with Crippen molar-refractivity contribution < 1.29 is 14.4 Å². The zero-order valence-corrected chi connectivity index (χ0v) is 5.93. The molecular formula is C6H5N3O3. The van der Waals surface area contributed by atoms with Crippen molar-refractivity contribution >= 4 is 16.8 Å². The Bertz CT molecular complexity index is 437. The van der Waals surface area contributed by atoms with Crippen molar-refractivity contribution in [2.45, 2.75) is 0 Å². The molecule has 0 fully saturated rings. The fourth-order valence-corrected chi connectivity index (χ4v) is 0.970. The van der Waals surface area contributed by atoms with E-state index in [0.717, 1.165) is 0 Å². The summed E-state index contributed by atoms with van der Waals surface area (Å²) in [7, 11) is 0. The van der Waals surface area contributed by atoms with Gasteiger partial charge in [0.05, 0.1) is 0 Å². The van der Waals surface area contributed by atoms with Crippen LogP contribution in [0.5, 0.6) is 0 Å². The number of nitrogens with two attached hydrogens (primary N) is 1. The summed E-state index contributed by atoms with van der Waals surface area (Å²) in [4.78, 5) is 0.0890. The summed E-state index contributed by atoms with van der Waals surface area (Å²) in [6.45, 7) is 0. The van der Waals surface area contributed by atoms with Crippen LogP contribution in [-0.4, -0.2) is 0 Å². The van der Waals surface area contributed by atoms with Gasteiger partial charge in [0, 0.05) is 11.8 Å². The molecule has 1 aromatic carbocycles. The van der Waals surface area contributed by atoms with Gasteiger partial charge in [0.15, 0.2) is 5.58 Å². The summed E-state index contributed by atoms with van der Waals surface area (Å²) in [5.41, 5.74) is 6.15. The summed E-state index contributed by atoms with van der Waals surface area (Å²) >= 11 is 0. The molecule has 6 nitrogen and oxygen atoms in total. The second-order valence-electron chi connectivity index (χ2n) is 2.33. The molecule has 0 saturated carbocycles. The maximum absolute atomic E-state index is 10.9. The van der Waals surface area contributed by atoms with Gasteiger partial charge in [0.2, 0.25) is 0 Å². The highest BCUT2D eigenvalue weighted by Crippen LogP contribution is 2.11. The molecule has 0 unspecified atom stereocenters. The lowest BCUT2D eigenvalue weighted by atomic mass is 10.3. The van der Waals surface area contributed by atoms with Gasteiger partial charge in [-0.25, -0.2) is 0 Å². The van der Waals surface area contributed by atoms with E-state index in [1.807, 2.05) is 0 Å². The Hall–Kier alpha value is -1.98. The van der Waals surface area contributed by atoms with Gasteiger partial charge >= 0.3 is 10.5 Å². The van der Waals surface area contributed by atoms with Gasteiger partial charge in [-0.15, -0.1) is 0 Å². The maximum atomic E-state index is 10.9. The third-order valence-corrected chi connectivity index (χ3v) is 1.51. The lowest BCUT2D eigenvalue weighted by Gasteiger charge is -1.86. The first-order valence-corrected chi connectivity index (χ1v) is 3.20. The van der Waals surface area contributed by atoms with Crippen molar-refractivity contribution in [3.63, 3.8) is 0 Å². The molecule has 0 amide bonds. The van der Waals surface area contributed by atoms with Crippen molar-refractivity contribution in [3.05, 3.63) is 28.6 Å². The molecule has 62 valence electrons. The molecule has 6 heteroatoms. The smallest absolute Gasteiger partial charge is 0.324 e. The molecule has 0 radical (unpaired) electrons. The van der Waals surface area contributed by atoms with E-state index in [9.17, 15) is 10.4 Å². The summed E-state index contributed by atoms with van der Waals surface area (Å²) in [5.74, 6) is 0. The second kappa shape index (κ2) is 2.00. The van der Waals surface area contributed by atoms with Crippen LogP contribution in [0.3, 0.4) is 0 Å². The first-order valence-electron chi connectivity index (χ1n) is 3.20. The van der Waals surface area contributed by atoms with Gasteiger partial charge in [-0.05, 0) is 12.1 Å². The number of anilines is 1. The average Bonchev–Trinajstić information content (AvgIpc) is 2.31. The van der Waals surface area contributed by atoms with Crippen molar-refractivity contribution in [1.82, 2.24) is 0 Å². The summed E-state index contributed by atoms with van der Waals surface area (Å²) < 4.78 is 4.51. The highest BCUT2D eigenvalue weighted by molar-refractivity contribution is 5.72. The number of nitrogens with zero attached hydrogens (tertiary/aromatic N) is 2. The van der Waals surface area contributed by atoms with Crippen molar-refractivity contribution in [1.29, 1.82) is 0 Å². The van der Waals surface area contributed by atoms with Crippen LogP contribution in [0.25, 0.3) is 11.1 Å². The summed E-state index contributed by atoms with van der Waals surface area (Å²) in [5, 5.41) is 21.4. The van der Waals surface area contributed by atoms with Crippen LogP contribution < -0.4 is 15.6 Å². The van der Waals surface area contributed by atoms with E-state index in [1.54, 1.807) is 6.07 Å². The number of hydrogen-bond donors (Lipinski definition) is 1. The number of aromatic nitrogens is 2. The Balaban J connectivity index is 2.88. The highest BCUT2D eigenvalue weighted by Gasteiger charge is 2.16. The Labute approximate surface area is 66.5 Å². The largest absolute Gasteiger partial charge is 0.557 e. The van der Waals surface area contributed by atoms with Crippen molar-refractivity contribution in [2.75, 3.05) is 5.73 Å². The van der Waals surface area contributed by atoms with Gasteiger partial charge in [-0.1, -0.05) is 0 Å². The average molecular weight is 167 g/mol. The molecule has 1 aromatic heterocycles. The number of fused-ring (bicyclic) bond motifs is 1. The number of rotatable bonds is 0. The Morgan fingerprint density at radius 3 is 2.83 bits per heavy atom. The van der Waals surface area contributed by atoms with Crippen LogP contribution in [0.1, 0.15) is 0 Å². The van der Waals surface area contributed by atoms with Crippen LogP contribution in [0.4, 0.5) is 5.69 Å². The van der Waals surface area contributed by atoms with Crippen molar-refractivity contribution in [3.8, 4) is 0 Å². The van der Waals surface area contributed by atoms with Crippen LogP contribution in [-0.2, 0) is 0 Å². The van der Waals surface area contributed by atoms with Gasteiger partial charge in [-0.2, -0.15) is 5.21 Å². The predicted molar refractivity (Wildman–Crippen MR) is 38.5 cm³/mol. The monoisotopic (exact) mass is 167 g/mol. The Morgan fingerprint density at radius 1 is 1.33 bits per heavy atom. The molecule has 2 rings (SSSR count). The van der Waals surface area contributed by atoms with Gasteiger partial charge in [0.25, 0.3) is 0 Å². The van der Waals surface area contributed by atoms with E-state index >= 15 is 0 Å². The van der Waals surface area contributed by atoms with E-state index in [-0.39, 0.29) is 21.0 Å². The van der Waals surface area contributed by atoms with E-state index < -0.39 is 0 Å². The van der Waals surface area contributed by atoms with Crippen LogP contribution in [0.2, 0.25) is 0 Å². The Morgan fingerprint density at radius 2 is 2.08 bits per heavy atom. The molecule has 2 N–H and O–H groups in total. The molecule has 0 bridgehead atoms. The number of hydrogen-bond acceptors (Lipinski definition) is 4. The van der Waals surface area contributed by atoms with E-state index in [0.29, 0.717) is 5.69 Å². The molecule has 12 heavy (non-hydrogen) atoms. The van der Waals surface area contributed by atoms with Crippen molar-refractivity contribution in [2.24, 2.45) is 0 Å². The second-order valence-corrected chi connectivity index (χ2v) is 2.33. The molecule has 0 spiro atoms. The molecular weight excluding hydrogens is 162 g/mol. The minimum atomic E-state index is -0.149. The first-order chi connectivity index (χ1) is 5.68. The molecule has 0 saturated heterocycles. The fourth-order valence-electron chi connectivity index (χ4n) is 0.970. The highest BCUT2D eigenvalue weighted by atomic mass is 16.8. The SMILES string of the molecule is Nc1ccc2o[n+]([O-])[n+]([O-])c2c1. The number of nitrogen functional groups attached to an aromatic ring is 1. The normalized spacial score (nSPS) is 10.7. The first kappa shape index (κ1) is 6.71. The van der Waals surface area contributed by atoms with Gasteiger partial charge in [0.1, 0.15) is 4.85 Å². The molecule has 0 aliphatic rings. The molecule has 1 heterocycles. The van der Waals surface area contributed by atoms with Crippen LogP contribution >= 0.6 is 0 Å². The molecule has 0 atom stereocenters. The minimum absolute atomic E-state index is 0.0890. The Kier molecular flexibility index (Phi) is 1.12. The van der Waals surface area contributed by atoms with Crippen LogP contribution in [0.15, 0.2) is 22.7 Å². The minimum Gasteiger partial charge on any atom is -0.557 e. The van der Waals surface area contributed by atoms with Gasteiger partial charge in [-0.3, -0.25) is 0 Å². The van der Waals surface area contributed by atoms with Gasteiger partial charge < -0.3 is 15.5 Å². The summed E-state index contributed by atoms with van der Waals surface area (Å²) in [6.07, 6.45) is 0. The third-order valence-electron chi connectivity index (χ3n) is 1.51. The topological polar surface area (TPSA) is 93.0 Å². The van der Waals surface area contributed by atoms with E-state index in [4.69, 9.17) is 5.73 Å².